The lowest BCUT2D eigenvalue weighted by molar-refractivity contribution is -0.125. The van der Waals surface area contributed by atoms with Gasteiger partial charge in [-0.15, -0.1) is 0 Å². The number of benzene rings is 2. The number of carbonyl (C=O) groups is 2. The molecule has 0 spiro atoms. The zero-order chi connectivity index (χ0) is 19.9. The molecule has 0 aliphatic heterocycles. The van der Waals surface area contributed by atoms with E-state index in [9.17, 15) is 9.59 Å². The lowest BCUT2D eigenvalue weighted by Crippen LogP contribution is -2.45. The van der Waals surface area contributed by atoms with Crippen LogP contribution in [0.5, 0.6) is 0 Å². The first-order valence-corrected chi connectivity index (χ1v) is 10.1. The average molecular weight is 380 g/mol. The van der Waals surface area contributed by atoms with Gasteiger partial charge in [0.25, 0.3) is 5.91 Å². The molecule has 0 heterocycles. The van der Waals surface area contributed by atoms with Crippen LogP contribution < -0.4 is 5.32 Å². The highest BCUT2D eigenvalue weighted by molar-refractivity contribution is 5.92. The highest BCUT2D eigenvalue weighted by atomic mass is 16.5. The van der Waals surface area contributed by atoms with E-state index in [4.69, 9.17) is 4.74 Å². The second-order valence-corrected chi connectivity index (χ2v) is 7.84. The van der Waals surface area contributed by atoms with Gasteiger partial charge in [-0.3, -0.25) is 4.79 Å². The molecule has 28 heavy (non-hydrogen) atoms. The van der Waals surface area contributed by atoms with Crippen LogP contribution in [-0.4, -0.2) is 24.5 Å². The van der Waals surface area contributed by atoms with Crippen LogP contribution in [-0.2, 0) is 16.0 Å². The van der Waals surface area contributed by atoms with Crippen molar-refractivity contribution >= 4 is 11.9 Å². The van der Waals surface area contributed by atoms with Crippen LogP contribution in [0.3, 0.4) is 0 Å². The Bertz CT molecular complexity index is 803. The minimum absolute atomic E-state index is 0.167. The zero-order valence-corrected chi connectivity index (χ0v) is 16.7. The molecule has 0 aromatic heterocycles. The van der Waals surface area contributed by atoms with Crippen LogP contribution in [0.4, 0.5) is 0 Å². The van der Waals surface area contributed by atoms with Gasteiger partial charge in [-0.25, -0.2) is 4.79 Å². The third-order valence-electron chi connectivity index (χ3n) is 5.86. The molecule has 148 valence electrons. The molecule has 3 rings (SSSR count). The van der Waals surface area contributed by atoms with E-state index in [2.05, 4.69) is 19.2 Å². The molecule has 1 fully saturated rings. The Labute approximate surface area is 167 Å². The first-order chi connectivity index (χ1) is 13.5. The Kier molecular flexibility index (Phi) is 6.85. The lowest BCUT2D eigenvalue weighted by Gasteiger charge is -2.34. The van der Waals surface area contributed by atoms with E-state index in [1.165, 1.54) is 6.42 Å². The lowest BCUT2D eigenvalue weighted by atomic mass is 9.78. The van der Waals surface area contributed by atoms with Gasteiger partial charge in [-0.05, 0) is 41.9 Å². The maximum Gasteiger partial charge on any atom is 0.338 e. The van der Waals surface area contributed by atoms with Gasteiger partial charge in [-0.1, -0.05) is 75.2 Å². The molecule has 1 N–H and O–H groups in total. The van der Waals surface area contributed by atoms with Crippen LogP contribution in [0.1, 0.15) is 54.6 Å². The second-order valence-electron chi connectivity index (χ2n) is 7.84. The smallest absolute Gasteiger partial charge is 0.338 e. The quantitative estimate of drug-likeness (QED) is 0.758. The predicted molar refractivity (Wildman–Crippen MR) is 110 cm³/mol. The van der Waals surface area contributed by atoms with Gasteiger partial charge in [0, 0.05) is 6.04 Å². The van der Waals surface area contributed by atoms with Crippen molar-refractivity contribution in [2.75, 3.05) is 6.61 Å². The topological polar surface area (TPSA) is 55.4 Å². The Morgan fingerprint density at radius 1 is 1.00 bits per heavy atom. The van der Waals surface area contributed by atoms with E-state index in [-0.39, 0.29) is 18.6 Å². The predicted octanol–water partition coefficient (Wildman–Crippen LogP) is 4.38. The monoisotopic (exact) mass is 379 g/mol. The van der Waals surface area contributed by atoms with Crippen LogP contribution in [0.15, 0.2) is 54.6 Å². The van der Waals surface area contributed by atoms with Gasteiger partial charge < -0.3 is 10.1 Å². The average Bonchev–Trinajstić information content (AvgIpc) is 2.71. The summed E-state index contributed by atoms with van der Waals surface area (Å²) in [5.41, 5.74) is 2.54. The summed E-state index contributed by atoms with van der Waals surface area (Å²) < 4.78 is 5.32. The molecular formula is C24H29NO3. The normalized spacial score (nSPS) is 21.7. The first-order valence-electron chi connectivity index (χ1n) is 10.1. The molecule has 0 bridgehead atoms. The third kappa shape index (κ3) is 5.22. The fourth-order valence-corrected chi connectivity index (χ4v) is 3.93. The molecule has 2 aromatic rings. The van der Waals surface area contributed by atoms with E-state index < -0.39 is 5.97 Å². The summed E-state index contributed by atoms with van der Waals surface area (Å²) in [5.74, 6) is 0.373. The first kappa shape index (κ1) is 20.1. The molecule has 4 heteroatoms. The van der Waals surface area contributed by atoms with E-state index in [0.717, 1.165) is 24.0 Å². The van der Waals surface area contributed by atoms with Crippen molar-refractivity contribution in [1.82, 2.24) is 5.32 Å². The largest absolute Gasteiger partial charge is 0.452 e. The maximum absolute atomic E-state index is 12.6. The molecule has 0 unspecified atom stereocenters. The van der Waals surface area contributed by atoms with Crippen molar-refractivity contribution in [3.05, 3.63) is 71.3 Å². The van der Waals surface area contributed by atoms with Crippen molar-refractivity contribution < 1.29 is 14.3 Å². The second kappa shape index (κ2) is 9.54. The minimum Gasteiger partial charge on any atom is -0.452 e. The highest BCUT2D eigenvalue weighted by Gasteiger charge is 2.28. The third-order valence-corrected chi connectivity index (χ3v) is 5.86. The molecule has 1 aliphatic carbocycles. The minimum atomic E-state index is -0.452. The Balaban J connectivity index is 1.57. The summed E-state index contributed by atoms with van der Waals surface area (Å²) in [6, 6.07) is 17.6. The molecule has 0 radical (unpaired) electrons. The summed E-state index contributed by atoms with van der Waals surface area (Å²) in [4.78, 5) is 24.9. The number of amides is 1. The Morgan fingerprint density at radius 3 is 2.50 bits per heavy atom. The molecule has 4 nitrogen and oxygen atoms in total. The summed E-state index contributed by atoms with van der Waals surface area (Å²) in [5, 5.41) is 3.04. The van der Waals surface area contributed by atoms with Crippen molar-refractivity contribution in [2.45, 2.75) is 45.6 Å². The van der Waals surface area contributed by atoms with Crippen molar-refractivity contribution in [3.8, 4) is 0 Å². The fourth-order valence-electron chi connectivity index (χ4n) is 3.93. The van der Waals surface area contributed by atoms with Gasteiger partial charge in [0.15, 0.2) is 6.61 Å². The summed E-state index contributed by atoms with van der Waals surface area (Å²) >= 11 is 0. The van der Waals surface area contributed by atoms with Gasteiger partial charge in [0.1, 0.15) is 0 Å². The molecule has 1 amide bonds. The Hall–Kier alpha value is -2.62. The van der Waals surface area contributed by atoms with E-state index in [1.807, 2.05) is 48.5 Å². The summed E-state index contributed by atoms with van der Waals surface area (Å²) in [6.07, 6.45) is 3.98. The zero-order valence-electron chi connectivity index (χ0n) is 16.7. The summed E-state index contributed by atoms with van der Waals surface area (Å²) in [6.45, 7) is 4.17. The standard InChI is InChI=1S/C24H29NO3/c1-17-9-8-14-22(18(17)2)25-23(26)16-28-24(27)21-13-7-6-12-20(21)15-19-10-4-3-5-11-19/h3-7,10-13,17-18,22H,8-9,14-16H2,1-2H3,(H,25,26)/t17-,18+,22+/m0/s1. The fraction of sp³-hybridized carbons (Fsp3) is 0.417. The number of hydrogen-bond acceptors (Lipinski definition) is 3. The van der Waals surface area contributed by atoms with Crippen LogP contribution in [0, 0.1) is 11.8 Å². The van der Waals surface area contributed by atoms with Crippen molar-refractivity contribution in [3.63, 3.8) is 0 Å². The molecule has 1 aliphatic rings. The SMILES string of the molecule is C[C@@H]1[C@@H](C)CCC[C@H]1NC(=O)COC(=O)c1ccccc1Cc1ccccc1. The molecule has 0 saturated heterocycles. The highest BCUT2D eigenvalue weighted by Crippen LogP contribution is 2.29. The van der Waals surface area contributed by atoms with Crippen molar-refractivity contribution in [2.24, 2.45) is 11.8 Å². The van der Waals surface area contributed by atoms with Gasteiger partial charge in [-0.2, -0.15) is 0 Å². The molecule has 1 saturated carbocycles. The van der Waals surface area contributed by atoms with Gasteiger partial charge in [0.05, 0.1) is 5.56 Å². The molecule has 2 aromatic carbocycles. The van der Waals surface area contributed by atoms with E-state index in [0.29, 0.717) is 23.8 Å². The van der Waals surface area contributed by atoms with E-state index in [1.54, 1.807) is 6.07 Å². The number of carbonyl (C=O) groups excluding carboxylic acids is 2. The number of rotatable bonds is 6. The molecule has 3 atom stereocenters. The van der Waals surface area contributed by atoms with E-state index >= 15 is 0 Å². The van der Waals surface area contributed by atoms with Crippen LogP contribution in [0.25, 0.3) is 0 Å². The Morgan fingerprint density at radius 2 is 1.71 bits per heavy atom. The van der Waals surface area contributed by atoms with Gasteiger partial charge >= 0.3 is 5.97 Å². The van der Waals surface area contributed by atoms with Gasteiger partial charge in [0.2, 0.25) is 0 Å². The van der Waals surface area contributed by atoms with Crippen molar-refractivity contribution in [1.29, 1.82) is 0 Å². The number of nitrogens with one attached hydrogen (secondary N) is 1. The summed E-state index contributed by atoms with van der Waals surface area (Å²) in [7, 11) is 0. The maximum atomic E-state index is 12.6. The van der Waals surface area contributed by atoms with Crippen LogP contribution in [0.2, 0.25) is 0 Å². The number of ether oxygens (including phenoxy) is 1. The number of esters is 1. The van der Waals surface area contributed by atoms with Crippen LogP contribution >= 0.6 is 0 Å². The number of hydrogen-bond donors (Lipinski definition) is 1. The molecular weight excluding hydrogens is 350 g/mol.